The lowest BCUT2D eigenvalue weighted by atomic mass is 9.65. The molecule has 0 radical (unpaired) electrons. The van der Waals surface area contributed by atoms with Crippen molar-refractivity contribution in [3.05, 3.63) is 0 Å². The van der Waals surface area contributed by atoms with Gasteiger partial charge in [0.2, 0.25) is 0 Å². The van der Waals surface area contributed by atoms with Crippen LogP contribution in [-0.4, -0.2) is 29.7 Å². The van der Waals surface area contributed by atoms with Crippen molar-refractivity contribution in [2.45, 2.75) is 226 Å². The molecule has 3 fully saturated rings. The molecule has 0 amide bonds. The van der Waals surface area contributed by atoms with E-state index in [0.717, 1.165) is 24.2 Å². The Morgan fingerprint density at radius 1 is 0.628 bits per heavy atom. The fraction of sp³-hybridized carbons (Fsp3) is 1.00. The summed E-state index contributed by atoms with van der Waals surface area (Å²) >= 11 is 0. The SMILES string of the molecule is CCCC(C)(C)C(N)C(NC(C)C1CCCCCCC1)C(C)(C)CC(C)(C)NC1CCCC2CCCCCCC2CCC1. The van der Waals surface area contributed by atoms with Gasteiger partial charge in [0.1, 0.15) is 0 Å². The molecule has 3 saturated carbocycles. The summed E-state index contributed by atoms with van der Waals surface area (Å²) in [6.07, 6.45) is 30.8. The summed E-state index contributed by atoms with van der Waals surface area (Å²) in [6.45, 7) is 19.7. The van der Waals surface area contributed by atoms with E-state index < -0.39 is 0 Å². The molecule has 3 rings (SSSR count). The van der Waals surface area contributed by atoms with Crippen LogP contribution in [0.3, 0.4) is 0 Å². The lowest BCUT2D eigenvalue weighted by molar-refractivity contribution is 0.0778. The van der Waals surface area contributed by atoms with E-state index in [2.05, 4.69) is 66.0 Å². The molecule has 3 aliphatic carbocycles. The van der Waals surface area contributed by atoms with Crippen molar-refractivity contribution in [1.82, 2.24) is 10.6 Å². The maximum Gasteiger partial charge on any atom is 0.0278 e. The van der Waals surface area contributed by atoms with Crippen molar-refractivity contribution in [2.75, 3.05) is 0 Å². The Morgan fingerprint density at radius 2 is 1.09 bits per heavy atom. The van der Waals surface area contributed by atoms with Gasteiger partial charge in [0, 0.05) is 29.7 Å². The van der Waals surface area contributed by atoms with E-state index in [-0.39, 0.29) is 22.4 Å². The minimum atomic E-state index is 0.0841. The van der Waals surface area contributed by atoms with Crippen LogP contribution in [0.25, 0.3) is 0 Å². The first-order valence-corrected chi connectivity index (χ1v) is 19.6. The molecule has 5 atom stereocenters. The van der Waals surface area contributed by atoms with Gasteiger partial charge in [-0.2, -0.15) is 0 Å². The van der Waals surface area contributed by atoms with Crippen molar-refractivity contribution >= 4 is 0 Å². The highest BCUT2D eigenvalue weighted by Crippen LogP contribution is 2.41. The Balaban J connectivity index is 1.70. The molecule has 5 unspecified atom stereocenters. The van der Waals surface area contributed by atoms with Gasteiger partial charge in [0.15, 0.2) is 0 Å². The van der Waals surface area contributed by atoms with Crippen LogP contribution in [0.4, 0.5) is 0 Å². The standard InChI is InChI=1S/C40H79N3/c1-9-29-38(3,4)36(41)37(42-31(2)32-21-15-11-10-12-16-22-32)39(5,6)30-40(7,8)43-35-27-19-25-33-23-17-13-14-18-24-34(33)26-20-28-35/h31-37,42-43H,9-30,41H2,1-8H3. The van der Waals surface area contributed by atoms with Crippen LogP contribution in [0.2, 0.25) is 0 Å². The maximum atomic E-state index is 7.36. The van der Waals surface area contributed by atoms with Gasteiger partial charge in [-0.15, -0.1) is 0 Å². The average Bonchev–Trinajstić information content (AvgIpc) is 2.96. The van der Waals surface area contributed by atoms with Crippen LogP contribution < -0.4 is 16.4 Å². The van der Waals surface area contributed by atoms with Gasteiger partial charge in [-0.3, -0.25) is 0 Å². The van der Waals surface area contributed by atoms with Crippen molar-refractivity contribution in [3.63, 3.8) is 0 Å². The summed E-state index contributed by atoms with van der Waals surface area (Å²) in [6, 6.07) is 1.61. The summed E-state index contributed by atoms with van der Waals surface area (Å²) in [5.41, 5.74) is 7.65. The molecule has 0 bridgehead atoms. The largest absolute Gasteiger partial charge is 0.326 e. The molecule has 0 aromatic heterocycles. The van der Waals surface area contributed by atoms with Crippen molar-refractivity contribution < 1.29 is 0 Å². The second-order valence-corrected chi connectivity index (χ2v) is 18.1. The van der Waals surface area contributed by atoms with Gasteiger partial charge in [-0.1, -0.05) is 137 Å². The maximum absolute atomic E-state index is 7.36. The van der Waals surface area contributed by atoms with Crippen LogP contribution in [0.1, 0.15) is 197 Å². The van der Waals surface area contributed by atoms with E-state index in [0.29, 0.717) is 18.1 Å². The highest BCUT2D eigenvalue weighted by atomic mass is 15.0. The smallest absolute Gasteiger partial charge is 0.0278 e. The Bertz CT molecular complexity index is 729. The zero-order valence-corrected chi connectivity index (χ0v) is 30.7. The number of nitrogens with one attached hydrogen (secondary N) is 2. The van der Waals surface area contributed by atoms with E-state index in [9.17, 15) is 0 Å². The predicted octanol–water partition coefficient (Wildman–Crippen LogP) is 10.9. The molecule has 0 heterocycles. The molecular weight excluding hydrogens is 522 g/mol. The van der Waals surface area contributed by atoms with Gasteiger partial charge in [0.05, 0.1) is 0 Å². The third kappa shape index (κ3) is 12.2. The molecule has 0 saturated heterocycles. The van der Waals surface area contributed by atoms with Gasteiger partial charge in [-0.05, 0) is 87.9 Å². The number of hydrogen-bond donors (Lipinski definition) is 3. The highest BCUT2D eigenvalue weighted by molar-refractivity contribution is 5.03. The zero-order valence-electron chi connectivity index (χ0n) is 30.7. The number of fused-ring (bicyclic) bond motifs is 1. The van der Waals surface area contributed by atoms with E-state index in [1.54, 1.807) is 0 Å². The predicted molar refractivity (Wildman–Crippen MR) is 191 cm³/mol. The molecule has 43 heavy (non-hydrogen) atoms. The summed E-state index contributed by atoms with van der Waals surface area (Å²) in [4.78, 5) is 0. The van der Waals surface area contributed by atoms with Crippen LogP contribution in [-0.2, 0) is 0 Å². The monoisotopic (exact) mass is 602 g/mol. The first-order valence-electron chi connectivity index (χ1n) is 19.6. The molecular formula is C40H79N3. The average molecular weight is 602 g/mol. The molecule has 0 aliphatic heterocycles. The molecule has 3 aliphatic rings. The highest BCUT2D eigenvalue weighted by Gasteiger charge is 2.44. The molecule has 0 spiro atoms. The second-order valence-electron chi connectivity index (χ2n) is 18.1. The van der Waals surface area contributed by atoms with Crippen LogP contribution >= 0.6 is 0 Å². The molecule has 3 heteroatoms. The van der Waals surface area contributed by atoms with Crippen molar-refractivity contribution in [2.24, 2.45) is 34.3 Å². The number of nitrogens with two attached hydrogens (primary N) is 1. The van der Waals surface area contributed by atoms with Gasteiger partial charge >= 0.3 is 0 Å². The first kappa shape index (κ1) is 37.3. The van der Waals surface area contributed by atoms with Crippen molar-refractivity contribution in [1.29, 1.82) is 0 Å². The summed E-state index contributed by atoms with van der Waals surface area (Å²) in [5.74, 6) is 2.79. The van der Waals surface area contributed by atoms with E-state index >= 15 is 0 Å². The van der Waals surface area contributed by atoms with Crippen LogP contribution in [0, 0.1) is 28.6 Å². The minimum absolute atomic E-state index is 0.0841. The third-order valence-electron chi connectivity index (χ3n) is 12.6. The first-order chi connectivity index (χ1) is 20.3. The number of rotatable bonds is 12. The lowest BCUT2D eigenvalue weighted by Crippen LogP contribution is -2.63. The molecule has 3 nitrogen and oxygen atoms in total. The Hall–Kier alpha value is -0.120. The molecule has 254 valence electrons. The van der Waals surface area contributed by atoms with Gasteiger partial charge < -0.3 is 16.4 Å². The number of hydrogen-bond acceptors (Lipinski definition) is 3. The quantitative estimate of drug-likeness (QED) is 0.208. The molecule has 4 N–H and O–H groups in total. The molecule has 0 aromatic carbocycles. The van der Waals surface area contributed by atoms with Crippen LogP contribution in [0.5, 0.6) is 0 Å². The van der Waals surface area contributed by atoms with Crippen molar-refractivity contribution in [3.8, 4) is 0 Å². The zero-order chi connectivity index (χ0) is 31.5. The fourth-order valence-corrected chi connectivity index (χ4v) is 10.3. The summed E-state index contributed by atoms with van der Waals surface area (Å²) in [5, 5.41) is 8.55. The van der Waals surface area contributed by atoms with Gasteiger partial charge in [0.25, 0.3) is 0 Å². The lowest BCUT2D eigenvalue weighted by Gasteiger charge is -2.50. The minimum Gasteiger partial charge on any atom is -0.326 e. The fourth-order valence-electron chi connectivity index (χ4n) is 10.3. The van der Waals surface area contributed by atoms with E-state index in [1.165, 1.54) is 135 Å². The van der Waals surface area contributed by atoms with Crippen LogP contribution in [0.15, 0.2) is 0 Å². The van der Waals surface area contributed by atoms with E-state index in [4.69, 9.17) is 5.73 Å². The normalized spacial score (nSPS) is 28.5. The Labute approximate surface area is 270 Å². The van der Waals surface area contributed by atoms with E-state index in [1.807, 2.05) is 0 Å². The second kappa shape index (κ2) is 17.7. The topological polar surface area (TPSA) is 50.1 Å². The molecule has 0 aromatic rings. The summed E-state index contributed by atoms with van der Waals surface area (Å²) < 4.78 is 0. The Morgan fingerprint density at radius 3 is 1.60 bits per heavy atom. The third-order valence-corrected chi connectivity index (χ3v) is 12.6. The Kier molecular flexibility index (Phi) is 15.4. The van der Waals surface area contributed by atoms with Gasteiger partial charge in [-0.25, -0.2) is 0 Å². The summed E-state index contributed by atoms with van der Waals surface area (Å²) in [7, 11) is 0.